The van der Waals surface area contributed by atoms with Crippen LogP contribution < -0.4 is 15.4 Å². The third-order valence-corrected chi connectivity index (χ3v) is 3.50. The molecule has 1 heterocycles. The molecule has 2 aromatic carbocycles. The molecular formula is C16H18N4O. The highest BCUT2D eigenvalue weighted by Crippen LogP contribution is 2.30. The number of fused-ring (bicyclic) bond motifs is 1. The highest BCUT2D eigenvalue weighted by Gasteiger charge is 2.13. The molecule has 5 nitrogen and oxygen atoms in total. The topological polar surface area (TPSA) is 56.3 Å². The maximum Gasteiger partial charge on any atom is 0.206 e. The number of nitrogens with zero attached hydrogens (tertiary/aromatic N) is 3. The number of ether oxygens (including phenoxy) is 1. The van der Waals surface area contributed by atoms with Crippen LogP contribution in [0.4, 0.5) is 11.6 Å². The number of nitrogen functional groups attached to an aromatic ring is 1. The summed E-state index contributed by atoms with van der Waals surface area (Å²) in [6, 6.07) is 14.0. The Balaban J connectivity index is 2.25. The van der Waals surface area contributed by atoms with E-state index in [0.717, 1.165) is 28.2 Å². The van der Waals surface area contributed by atoms with E-state index < -0.39 is 0 Å². The summed E-state index contributed by atoms with van der Waals surface area (Å²) in [6.07, 6.45) is 0. The molecule has 21 heavy (non-hydrogen) atoms. The summed E-state index contributed by atoms with van der Waals surface area (Å²) < 4.78 is 7.29. The van der Waals surface area contributed by atoms with E-state index in [4.69, 9.17) is 10.5 Å². The Morgan fingerprint density at radius 1 is 1.14 bits per heavy atom. The molecule has 0 unspecified atom stereocenters. The van der Waals surface area contributed by atoms with Crippen LogP contribution in [0.2, 0.25) is 0 Å². The molecule has 0 saturated heterocycles. The number of para-hydroxylation sites is 1. The van der Waals surface area contributed by atoms with Gasteiger partial charge < -0.3 is 15.4 Å². The van der Waals surface area contributed by atoms with Gasteiger partial charge in [-0.1, -0.05) is 12.1 Å². The number of hydrogen-bond donors (Lipinski definition) is 1. The van der Waals surface area contributed by atoms with E-state index in [9.17, 15) is 0 Å². The zero-order valence-corrected chi connectivity index (χ0v) is 12.4. The van der Waals surface area contributed by atoms with Crippen molar-refractivity contribution in [1.82, 2.24) is 9.55 Å². The molecule has 3 aromatic rings. The lowest BCUT2D eigenvalue weighted by atomic mass is 10.2. The second kappa shape index (κ2) is 5.01. The smallest absolute Gasteiger partial charge is 0.206 e. The molecule has 0 spiro atoms. The van der Waals surface area contributed by atoms with E-state index in [-0.39, 0.29) is 0 Å². The summed E-state index contributed by atoms with van der Waals surface area (Å²) in [4.78, 5) is 6.49. The fraction of sp³-hybridized carbons (Fsp3) is 0.188. The number of benzene rings is 2. The molecule has 0 aliphatic carbocycles. The zero-order valence-electron chi connectivity index (χ0n) is 12.4. The summed E-state index contributed by atoms with van der Waals surface area (Å²) in [5, 5.41) is 0. The minimum absolute atomic E-state index is 0.449. The van der Waals surface area contributed by atoms with Gasteiger partial charge in [0.2, 0.25) is 5.95 Å². The number of aromatic nitrogens is 2. The van der Waals surface area contributed by atoms with Crippen LogP contribution in [0.25, 0.3) is 16.7 Å². The molecule has 3 rings (SSSR count). The van der Waals surface area contributed by atoms with Gasteiger partial charge in [-0.05, 0) is 30.3 Å². The van der Waals surface area contributed by atoms with Crippen molar-refractivity contribution < 1.29 is 4.74 Å². The molecule has 0 saturated carbocycles. The van der Waals surface area contributed by atoms with Crippen molar-refractivity contribution in [1.29, 1.82) is 0 Å². The fourth-order valence-electron chi connectivity index (χ4n) is 2.44. The van der Waals surface area contributed by atoms with Gasteiger partial charge in [0.05, 0.1) is 18.3 Å². The number of hydrogen-bond acceptors (Lipinski definition) is 4. The van der Waals surface area contributed by atoms with Crippen LogP contribution >= 0.6 is 0 Å². The van der Waals surface area contributed by atoms with E-state index in [0.29, 0.717) is 5.95 Å². The molecular weight excluding hydrogens is 264 g/mol. The van der Waals surface area contributed by atoms with Gasteiger partial charge >= 0.3 is 0 Å². The van der Waals surface area contributed by atoms with Crippen LogP contribution in [0.5, 0.6) is 5.75 Å². The van der Waals surface area contributed by atoms with Crippen LogP contribution in [-0.2, 0) is 0 Å². The lowest BCUT2D eigenvalue weighted by Gasteiger charge is -2.14. The Hall–Kier alpha value is -2.69. The molecule has 0 bridgehead atoms. The quantitative estimate of drug-likeness (QED) is 0.802. The third kappa shape index (κ3) is 2.16. The molecule has 0 radical (unpaired) electrons. The minimum Gasteiger partial charge on any atom is -0.494 e. The molecule has 5 heteroatoms. The molecule has 0 aliphatic heterocycles. The average Bonchev–Trinajstić information content (AvgIpc) is 2.83. The van der Waals surface area contributed by atoms with Crippen molar-refractivity contribution in [2.24, 2.45) is 0 Å². The van der Waals surface area contributed by atoms with E-state index in [1.165, 1.54) is 0 Å². The number of rotatable bonds is 3. The Kier molecular flexibility index (Phi) is 3.17. The summed E-state index contributed by atoms with van der Waals surface area (Å²) in [7, 11) is 5.66. The van der Waals surface area contributed by atoms with Crippen LogP contribution in [-0.4, -0.2) is 30.8 Å². The lowest BCUT2D eigenvalue weighted by molar-refractivity contribution is 0.419. The first-order valence-corrected chi connectivity index (χ1v) is 6.70. The zero-order chi connectivity index (χ0) is 15.0. The molecule has 108 valence electrons. The van der Waals surface area contributed by atoms with Crippen molar-refractivity contribution in [2.75, 3.05) is 31.8 Å². The maximum atomic E-state index is 6.12. The predicted octanol–water partition coefficient (Wildman–Crippen LogP) is 2.68. The van der Waals surface area contributed by atoms with Crippen molar-refractivity contribution in [2.45, 2.75) is 0 Å². The van der Waals surface area contributed by atoms with Crippen LogP contribution in [0.1, 0.15) is 0 Å². The standard InChI is InChI=1S/C16H18N4O/c1-19(2)11-6-4-7-12(10-11)20-13-8-5-9-14(21-3)15(13)18-16(20)17/h4-10H,1-3H3,(H2,17,18). The Morgan fingerprint density at radius 3 is 2.62 bits per heavy atom. The van der Waals surface area contributed by atoms with E-state index in [1.54, 1.807) is 7.11 Å². The molecule has 2 N–H and O–H groups in total. The summed E-state index contributed by atoms with van der Waals surface area (Å²) in [5.74, 6) is 1.17. The first kappa shape index (κ1) is 13.3. The first-order chi connectivity index (χ1) is 10.1. The van der Waals surface area contributed by atoms with Crippen LogP contribution in [0.3, 0.4) is 0 Å². The fourth-order valence-corrected chi connectivity index (χ4v) is 2.44. The Morgan fingerprint density at radius 2 is 1.90 bits per heavy atom. The highest BCUT2D eigenvalue weighted by atomic mass is 16.5. The summed E-state index contributed by atoms with van der Waals surface area (Å²) in [5.41, 5.74) is 9.91. The molecule has 0 aliphatic rings. The lowest BCUT2D eigenvalue weighted by Crippen LogP contribution is -2.09. The van der Waals surface area contributed by atoms with Crippen LogP contribution in [0, 0.1) is 0 Å². The van der Waals surface area contributed by atoms with Gasteiger partial charge in [0, 0.05) is 19.8 Å². The molecule has 0 fully saturated rings. The predicted molar refractivity (Wildman–Crippen MR) is 86.4 cm³/mol. The van der Waals surface area contributed by atoms with E-state index in [1.807, 2.05) is 49.0 Å². The average molecular weight is 282 g/mol. The normalized spacial score (nSPS) is 10.8. The SMILES string of the molecule is COc1cccc2c1nc(N)n2-c1cccc(N(C)C)c1. The van der Waals surface area contributed by atoms with Gasteiger partial charge in [-0.3, -0.25) is 4.57 Å². The maximum absolute atomic E-state index is 6.12. The van der Waals surface area contributed by atoms with Gasteiger partial charge in [-0.2, -0.15) is 0 Å². The number of nitrogens with two attached hydrogens (primary N) is 1. The Labute approximate surface area is 123 Å². The molecule has 0 amide bonds. The third-order valence-electron chi connectivity index (χ3n) is 3.50. The number of anilines is 2. The van der Waals surface area contributed by atoms with Crippen molar-refractivity contribution in [3.05, 3.63) is 42.5 Å². The van der Waals surface area contributed by atoms with Crippen LogP contribution in [0.15, 0.2) is 42.5 Å². The van der Waals surface area contributed by atoms with E-state index >= 15 is 0 Å². The van der Waals surface area contributed by atoms with Crippen molar-refractivity contribution >= 4 is 22.7 Å². The second-order valence-electron chi connectivity index (χ2n) is 5.05. The van der Waals surface area contributed by atoms with Crippen molar-refractivity contribution in [3.8, 4) is 11.4 Å². The minimum atomic E-state index is 0.449. The van der Waals surface area contributed by atoms with Gasteiger partial charge in [0.1, 0.15) is 11.3 Å². The summed E-state index contributed by atoms with van der Waals surface area (Å²) >= 11 is 0. The van der Waals surface area contributed by atoms with Gasteiger partial charge in [0.15, 0.2) is 0 Å². The Bertz CT molecular complexity index is 792. The second-order valence-corrected chi connectivity index (χ2v) is 5.05. The first-order valence-electron chi connectivity index (χ1n) is 6.70. The molecule has 1 aromatic heterocycles. The van der Waals surface area contributed by atoms with E-state index in [2.05, 4.69) is 22.0 Å². The van der Waals surface area contributed by atoms with Gasteiger partial charge in [-0.15, -0.1) is 0 Å². The monoisotopic (exact) mass is 282 g/mol. The van der Waals surface area contributed by atoms with Crippen molar-refractivity contribution in [3.63, 3.8) is 0 Å². The number of imidazole rings is 1. The number of methoxy groups -OCH3 is 1. The molecule has 0 atom stereocenters. The largest absolute Gasteiger partial charge is 0.494 e. The van der Waals surface area contributed by atoms with Gasteiger partial charge in [-0.25, -0.2) is 4.98 Å². The van der Waals surface area contributed by atoms with Gasteiger partial charge in [0.25, 0.3) is 0 Å². The summed E-state index contributed by atoms with van der Waals surface area (Å²) in [6.45, 7) is 0. The highest BCUT2D eigenvalue weighted by molar-refractivity contribution is 5.86.